The number of rotatable bonds is 8. The summed E-state index contributed by atoms with van der Waals surface area (Å²) in [7, 11) is 1.29. The number of imidazole rings is 2. The number of nitrogens with one attached hydrogen (secondary N) is 3. The first-order valence-corrected chi connectivity index (χ1v) is 23.6. The topological polar surface area (TPSA) is 169 Å². The summed E-state index contributed by atoms with van der Waals surface area (Å²) in [5, 5.41) is 3.71. The monoisotopic (exact) mass is 918 g/mol. The number of nitrogens with zero attached hydrogens (tertiary/aromatic N) is 5. The van der Waals surface area contributed by atoms with E-state index in [0.717, 1.165) is 51.9 Å². The number of thiophene rings is 1. The van der Waals surface area contributed by atoms with Crippen LogP contribution in [0, 0.1) is 25.6 Å². The van der Waals surface area contributed by atoms with Crippen LogP contribution in [0.25, 0.3) is 44.7 Å². The number of benzene rings is 2. The van der Waals surface area contributed by atoms with Gasteiger partial charge in [-0.25, -0.2) is 23.9 Å². The molecule has 66 heavy (non-hydrogen) atoms. The lowest BCUT2D eigenvalue weighted by Crippen LogP contribution is -2.53. The minimum absolute atomic E-state index is 0.0879. The van der Waals surface area contributed by atoms with Crippen molar-refractivity contribution in [2.75, 3.05) is 33.4 Å². The van der Waals surface area contributed by atoms with Crippen molar-refractivity contribution in [1.82, 2.24) is 39.6 Å². The number of fused-ring (bicyclic) bond motifs is 5. The summed E-state index contributed by atoms with van der Waals surface area (Å²) in [4.78, 5) is 61.8. The van der Waals surface area contributed by atoms with Crippen LogP contribution in [-0.2, 0) is 19.0 Å². The van der Waals surface area contributed by atoms with Gasteiger partial charge in [-0.05, 0) is 121 Å². The third kappa shape index (κ3) is 8.09. The lowest BCUT2D eigenvalue weighted by Gasteiger charge is -2.34. The van der Waals surface area contributed by atoms with E-state index in [2.05, 4.69) is 45.8 Å². The number of halogens is 1. The molecule has 0 bridgehead atoms. The molecule has 6 aromatic rings. The maximum absolute atomic E-state index is 16.9. The smallest absolute Gasteiger partial charge is 0.410 e. The minimum Gasteiger partial charge on any atom is -0.464 e. The zero-order valence-electron chi connectivity index (χ0n) is 38.0. The predicted molar refractivity (Wildman–Crippen MR) is 247 cm³/mol. The number of carbonyl (C=O) groups excluding carboxylic acids is 3. The third-order valence-electron chi connectivity index (χ3n) is 13.4. The van der Waals surface area contributed by atoms with Crippen molar-refractivity contribution in [2.24, 2.45) is 5.92 Å². The van der Waals surface area contributed by atoms with Gasteiger partial charge >= 0.3 is 12.2 Å². The summed E-state index contributed by atoms with van der Waals surface area (Å²) in [6.45, 7) is 11.9. The summed E-state index contributed by atoms with van der Waals surface area (Å²) in [6.07, 6.45) is 6.29. The predicted octanol–water partition coefficient (Wildman–Crippen LogP) is 9.73. The van der Waals surface area contributed by atoms with Crippen molar-refractivity contribution in [1.29, 1.82) is 0 Å². The van der Waals surface area contributed by atoms with E-state index < -0.39 is 29.8 Å². The fraction of sp³-hybridized carbons (Fsp3) is 0.449. The summed E-state index contributed by atoms with van der Waals surface area (Å²) < 4.78 is 42.0. The summed E-state index contributed by atoms with van der Waals surface area (Å²) in [5.41, 5.74) is 5.33. The molecule has 8 heterocycles. The normalized spacial score (nSPS) is 20.3. The number of hydrogen-bond acceptors (Lipinski definition) is 10. The molecule has 3 N–H and O–H groups in total. The van der Waals surface area contributed by atoms with Crippen LogP contribution in [0.3, 0.4) is 0 Å². The number of amides is 3. The van der Waals surface area contributed by atoms with Gasteiger partial charge in [0.05, 0.1) is 64.6 Å². The zero-order chi connectivity index (χ0) is 46.0. The molecule has 4 aliphatic rings. The Morgan fingerprint density at radius 1 is 0.894 bits per heavy atom. The van der Waals surface area contributed by atoms with Crippen molar-refractivity contribution in [3.05, 3.63) is 87.6 Å². The third-order valence-corrected chi connectivity index (χ3v) is 14.6. The van der Waals surface area contributed by atoms with Crippen molar-refractivity contribution in [3.8, 4) is 39.5 Å². The second kappa shape index (κ2) is 17.2. The molecule has 10 rings (SSSR count). The van der Waals surface area contributed by atoms with Gasteiger partial charge in [0.1, 0.15) is 34.9 Å². The van der Waals surface area contributed by atoms with Crippen molar-refractivity contribution >= 4 is 40.3 Å². The number of methoxy groups -OCH3 is 1. The van der Waals surface area contributed by atoms with E-state index in [-0.39, 0.29) is 30.0 Å². The van der Waals surface area contributed by atoms with Crippen LogP contribution < -0.4 is 10.1 Å². The van der Waals surface area contributed by atoms with E-state index >= 15 is 4.39 Å². The Labute approximate surface area is 386 Å². The first-order chi connectivity index (χ1) is 31.7. The lowest BCUT2D eigenvalue weighted by molar-refractivity contribution is -0.136. The number of alkyl carbamates (subject to hydrolysis) is 1. The van der Waals surface area contributed by atoms with Crippen LogP contribution in [0.15, 0.2) is 54.9 Å². The van der Waals surface area contributed by atoms with Gasteiger partial charge in [-0.15, -0.1) is 11.3 Å². The molecule has 3 saturated heterocycles. The highest BCUT2D eigenvalue weighted by Crippen LogP contribution is 2.49. The van der Waals surface area contributed by atoms with E-state index in [1.165, 1.54) is 18.1 Å². The quantitative estimate of drug-likeness (QED) is 0.135. The van der Waals surface area contributed by atoms with E-state index in [1.54, 1.807) is 33.5 Å². The summed E-state index contributed by atoms with van der Waals surface area (Å²) in [5.74, 6) is 0.980. The van der Waals surface area contributed by atoms with Gasteiger partial charge in [-0.1, -0.05) is 6.07 Å². The molecule has 2 aromatic carbocycles. The van der Waals surface area contributed by atoms with Crippen LogP contribution in [0.1, 0.15) is 105 Å². The Kier molecular flexibility index (Phi) is 11.4. The van der Waals surface area contributed by atoms with Gasteiger partial charge in [0, 0.05) is 47.7 Å². The number of ether oxygens (including phenoxy) is 4. The molecule has 4 aliphatic heterocycles. The Morgan fingerprint density at radius 2 is 1.58 bits per heavy atom. The molecule has 15 nitrogen and oxygen atoms in total. The number of likely N-dealkylation sites (tertiary alicyclic amines) is 2. The number of hydrogen-bond donors (Lipinski definition) is 3. The van der Waals surface area contributed by atoms with Crippen molar-refractivity contribution in [3.63, 3.8) is 0 Å². The van der Waals surface area contributed by atoms with Crippen LogP contribution in [0.5, 0.6) is 5.75 Å². The van der Waals surface area contributed by atoms with Gasteiger partial charge in [-0.3, -0.25) is 14.3 Å². The Hall–Kier alpha value is -6.20. The molecule has 0 saturated carbocycles. The maximum Gasteiger partial charge on any atom is 0.410 e. The number of H-pyrrole nitrogens is 2. The molecular weight excluding hydrogens is 864 g/mol. The Morgan fingerprint density at radius 3 is 2.24 bits per heavy atom. The first-order valence-electron chi connectivity index (χ1n) is 22.8. The Bertz CT molecular complexity index is 2810. The van der Waals surface area contributed by atoms with Crippen molar-refractivity contribution < 1.29 is 37.7 Å². The molecule has 346 valence electrons. The largest absolute Gasteiger partial charge is 0.464 e. The molecule has 3 fully saturated rings. The van der Waals surface area contributed by atoms with Gasteiger partial charge in [0.2, 0.25) is 12.1 Å². The van der Waals surface area contributed by atoms with Gasteiger partial charge in [-0.2, -0.15) is 0 Å². The number of carbonyl (C=O) groups is 3. The van der Waals surface area contributed by atoms with Gasteiger partial charge in [0.15, 0.2) is 0 Å². The molecule has 4 atom stereocenters. The lowest BCUT2D eigenvalue weighted by atomic mass is 9.90. The molecule has 0 aliphatic carbocycles. The van der Waals surface area contributed by atoms with E-state index in [4.69, 9.17) is 28.9 Å². The highest BCUT2D eigenvalue weighted by Gasteiger charge is 2.41. The zero-order valence-corrected chi connectivity index (χ0v) is 38.9. The van der Waals surface area contributed by atoms with Crippen molar-refractivity contribution in [2.45, 2.75) is 103 Å². The fourth-order valence-electron chi connectivity index (χ4n) is 10.0. The molecular formula is C49H55FN8O7S. The second-order valence-electron chi connectivity index (χ2n) is 18.8. The minimum atomic E-state index is -0.756. The van der Waals surface area contributed by atoms with E-state index in [0.29, 0.717) is 85.5 Å². The van der Waals surface area contributed by atoms with Crippen LogP contribution >= 0.6 is 11.3 Å². The molecule has 4 unspecified atom stereocenters. The second-order valence-corrected chi connectivity index (χ2v) is 20.1. The molecule has 17 heteroatoms. The highest BCUT2D eigenvalue weighted by atomic mass is 32.1. The molecule has 4 aromatic heterocycles. The molecule has 0 spiro atoms. The molecule has 0 radical (unpaired) electrons. The summed E-state index contributed by atoms with van der Waals surface area (Å²) >= 11 is 1.66. The van der Waals surface area contributed by atoms with Crippen LogP contribution in [-0.4, -0.2) is 97.5 Å². The first kappa shape index (κ1) is 43.7. The standard InChI is InChI=1S/C49H55FN8O7S/c1-26-19-40(66-27(26)2)46-58-35-12-11-29(33-24-51-44(53-33)37-10-8-16-57(37)48(61)65-49(3,4)5)20-31(35)22-38(58)41-32(50)21-30(23-39(41)64-46)34-25-52-43(54-34)36-9-7-15-56(36)45(59)42(55-47(60)62-6)28-13-17-63-18-14-28/h11-12,19-25,28,36-37,42,46H,7-10,13-18H2,1-6H3,(H,51,53)(H,52,54)(H,55,60). The SMILES string of the molecule is COC(=O)NC(C(=O)N1CCCC1c1ncc(-c2cc(F)c3c(c2)OC(c2cc(C)c(C)s2)n2c-3cc3cc(-c4cnc(C5CCCN5C(=O)OC(C)(C)C)[nH]4)ccc32)[nH]1)C1CCOCC1. The average molecular weight is 919 g/mol. The van der Waals surface area contributed by atoms with E-state index in [1.807, 2.05) is 45.0 Å². The number of aromatic nitrogens is 5. The fourth-order valence-corrected chi connectivity index (χ4v) is 11.1. The number of aryl methyl sites for hydroxylation is 2. The van der Waals surface area contributed by atoms with Gasteiger partial charge in [0.25, 0.3) is 0 Å². The maximum atomic E-state index is 16.9. The van der Waals surface area contributed by atoms with Gasteiger partial charge < -0.3 is 39.1 Å². The molecule has 3 amide bonds. The van der Waals surface area contributed by atoms with E-state index in [9.17, 15) is 14.4 Å². The Balaban J connectivity index is 0.962. The highest BCUT2D eigenvalue weighted by molar-refractivity contribution is 7.12. The summed E-state index contributed by atoms with van der Waals surface area (Å²) in [6, 6.07) is 12.3. The van der Waals surface area contributed by atoms with Crippen LogP contribution in [0.2, 0.25) is 0 Å². The number of aromatic amines is 2. The average Bonchev–Trinajstić information content (AvgIpc) is 4.16. The van der Waals surface area contributed by atoms with Crippen LogP contribution in [0.4, 0.5) is 14.0 Å².